The maximum absolute atomic E-state index is 14.5. The van der Waals surface area contributed by atoms with Crippen molar-refractivity contribution < 1.29 is 13.2 Å². The Morgan fingerprint density at radius 1 is 1.04 bits per heavy atom. The fraction of sp³-hybridized carbons (Fsp3) is 0.381. The van der Waals surface area contributed by atoms with Gasteiger partial charge in [0, 0.05) is 5.56 Å². The summed E-state index contributed by atoms with van der Waals surface area (Å²) in [5.74, 6) is -1.62. The second kappa shape index (κ2) is 9.65. The first-order chi connectivity index (χ1) is 12.5. The molecule has 2 rings (SSSR count). The van der Waals surface area contributed by atoms with Gasteiger partial charge in [0.2, 0.25) is 0 Å². The number of halogens is 3. The van der Waals surface area contributed by atoms with E-state index in [1.54, 1.807) is 6.07 Å². The minimum absolute atomic E-state index is 0.129. The Labute approximate surface area is 158 Å². The number of rotatable bonds is 8. The second-order valence-corrected chi connectivity index (χ2v) is 6.77. The highest BCUT2D eigenvalue weighted by molar-refractivity contribution is 7.78. The monoisotopic (exact) mass is 377 g/mol. The molecule has 5 heteroatoms. The Balaban J connectivity index is 2.16. The smallest absolute Gasteiger partial charge is 0.153 e. The summed E-state index contributed by atoms with van der Waals surface area (Å²) in [5.41, 5.74) is 0.660. The van der Waals surface area contributed by atoms with E-state index in [0.29, 0.717) is 5.92 Å². The second-order valence-electron chi connectivity index (χ2n) is 6.59. The minimum atomic E-state index is -0.897. The van der Waals surface area contributed by atoms with Gasteiger partial charge in [-0.1, -0.05) is 45.2 Å². The lowest BCUT2D eigenvalue weighted by Crippen LogP contribution is -1.96. The average molecular weight is 377 g/mol. The molecule has 0 spiro atoms. The van der Waals surface area contributed by atoms with Gasteiger partial charge in [-0.05, 0) is 60.3 Å². The summed E-state index contributed by atoms with van der Waals surface area (Å²) in [6.07, 6.45) is 5.26. The molecule has 1 unspecified atom stereocenters. The van der Waals surface area contributed by atoms with Crippen molar-refractivity contribution in [1.29, 1.82) is 0 Å². The normalized spacial score (nSPS) is 11.9. The molecule has 0 saturated carbocycles. The molecule has 0 saturated heterocycles. The Hall–Kier alpha value is -1.97. The van der Waals surface area contributed by atoms with E-state index >= 15 is 0 Å². The lowest BCUT2D eigenvalue weighted by molar-refractivity contribution is 0.469. The van der Waals surface area contributed by atoms with Crippen LogP contribution in [0.2, 0.25) is 0 Å². The molecule has 0 aliphatic rings. The largest absolute Gasteiger partial charge is 0.206 e. The van der Waals surface area contributed by atoms with Crippen LogP contribution in [0.5, 0.6) is 0 Å². The lowest BCUT2D eigenvalue weighted by atomic mass is 9.96. The molecule has 1 nitrogen and oxygen atoms in total. The molecule has 0 radical (unpaired) electrons. The molecule has 0 N–H and O–H groups in total. The summed E-state index contributed by atoms with van der Waals surface area (Å²) in [6.45, 7) is 4.40. The van der Waals surface area contributed by atoms with Crippen LogP contribution in [0.1, 0.15) is 45.1 Å². The molecular weight excluding hydrogens is 355 g/mol. The standard InChI is InChI=1S/C21H22F3NS/c1-3-5-14(2)6-4-7-15-8-9-17(18(22)10-15)16-11-19(23)21(25-13-26)20(24)12-16/h8-12,14H,3-7H2,1-2H3. The molecule has 1 atom stereocenters. The van der Waals surface area contributed by atoms with Gasteiger partial charge in [0.05, 0.1) is 5.16 Å². The van der Waals surface area contributed by atoms with Crippen LogP contribution in [0.3, 0.4) is 0 Å². The molecule has 2 aromatic rings. The van der Waals surface area contributed by atoms with Gasteiger partial charge < -0.3 is 0 Å². The van der Waals surface area contributed by atoms with Crippen LogP contribution in [0, 0.1) is 23.4 Å². The van der Waals surface area contributed by atoms with Crippen LogP contribution >= 0.6 is 12.2 Å². The van der Waals surface area contributed by atoms with Crippen LogP contribution in [0.25, 0.3) is 11.1 Å². The molecule has 0 heterocycles. The third-order valence-corrected chi connectivity index (χ3v) is 4.55. The predicted molar refractivity (Wildman–Crippen MR) is 103 cm³/mol. The quantitative estimate of drug-likeness (QED) is 0.348. The van der Waals surface area contributed by atoms with Crippen LogP contribution in [0.15, 0.2) is 35.3 Å². The summed E-state index contributed by atoms with van der Waals surface area (Å²) in [5, 5.41) is 1.93. The van der Waals surface area contributed by atoms with Crippen molar-refractivity contribution in [2.24, 2.45) is 10.9 Å². The van der Waals surface area contributed by atoms with Crippen molar-refractivity contribution in [3.63, 3.8) is 0 Å². The summed E-state index contributed by atoms with van der Waals surface area (Å²) in [4.78, 5) is 3.36. The van der Waals surface area contributed by atoms with E-state index in [1.807, 2.05) is 11.2 Å². The molecular formula is C21H22F3NS. The highest BCUT2D eigenvalue weighted by Crippen LogP contribution is 2.31. The van der Waals surface area contributed by atoms with E-state index in [-0.39, 0.29) is 11.1 Å². The van der Waals surface area contributed by atoms with E-state index in [0.717, 1.165) is 37.0 Å². The Morgan fingerprint density at radius 2 is 1.73 bits per heavy atom. The molecule has 0 aliphatic carbocycles. The van der Waals surface area contributed by atoms with Crippen molar-refractivity contribution in [2.75, 3.05) is 0 Å². The summed E-state index contributed by atoms with van der Waals surface area (Å²) < 4.78 is 42.4. The third-order valence-electron chi connectivity index (χ3n) is 4.46. The average Bonchev–Trinajstić information content (AvgIpc) is 2.58. The zero-order valence-corrected chi connectivity index (χ0v) is 15.8. The summed E-state index contributed by atoms with van der Waals surface area (Å²) in [6, 6.07) is 6.93. The lowest BCUT2D eigenvalue weighted by Gasteiger charge is -2.11. The van der Waals surface area contributed by atoms with Crippen molar-refractivity contribution in [2.45, 2.75) is 46.0 Å². The van der Waals surface area contributed by atoms with Gasteiger partial charge in [0.1, 0.15) is 11.5 Å². The molecule has 0 amide bonds. The summed E-state index contributed by atoms with van der Waals surface area (Å²) in [7, 11) is 0. The van der Waals surface area contributed by atoms with Gasteiger partial charge >= 0.3 is 0 Å². The zero-order valence-electron chi connectivity index (χ0n) is 15.0. The predicted octanol–water partition coefficient (Wildman–Crippen LogP) is 7.26. The Morgan fingerprint density at radius 3 is 2.31 bits per heavy atom. The fourth-order valence-corrected chi connectivity index (χ4v) is 3.20. The van der Waals surface area contributed by atoms with Gasteiger partial charge in [-0.2, -0.15) is 4.99 Å². The van der Waals surface area contributed by atoms with Crippen LogP contribution < -0.4 is 0 Å². The zero-order chi connectivity index (χ0) is 19.1. The first-order valence-corrected chi connectivity index (χ1v) is 9.22. The van der Waals surface area contributed by atoms with Crippen LogP contribution in [-0.4, -0.2) is 5.16 Å². The van der Waals surface area contributed by atoms with Crippen molar-refractivity contribution in [3.8, 4) is 11.1 Å². The number of nitrogens with zero attached hydrogens (tertiary/aromatic N) is 1. The Kier molecular flexibility index (Phi) is 7.55. The van der Waals surface area contributed by atoms with Crippen molar-refractivity contribution >= 4 is 23.1 Å². The molecule has 0 bridgehead atoms. The van der Waals surface area contributed by atoms with Gasteiger partial charge in [-0.15, -0.1) is 0 Å². The molecule has 0 aliphatic heterocycles. The third kappa shape index (κ3) is 5.26. The first-order valence-electron chi connectivity index (χ1n) is 8.82. The number of benzene rings is 2. The van der Waals surface area contributed by atoms with E-state index in [2.05, 4.69) is 31.1 Å². The van der Waals surface area contributed by atoms with E-state index in [9.17, 15) is 13.2 Å². The highest BCUT2D eigenvalue weighted by atomic mass is 32.1. The number of aliphatic imine (C=N–C) groups is 1. The van der Waals surface area contributed by atoms with Gasteiger partial charge in [-0.25, -0.2) is 13.2 Å². The number of thiocarbonyl (C=S) groups is 1. The minimum Gasteiger partial charge on any atom is -0.206 e. The maximum Gasteiger partial charge on any atom is 0.153 e. The Bertz CT molecular complexity index is 790. The maximum atomic E-state index is 14.5. The van der Waals surface area contributed by atoms with Gasteiger partial charge in [0.15, 0.2) is 11.6 Å². The summed E-state index contributed by atoms with van der Waals surface area (Å²) >= 11 is 4.37. The van der Waals surface area contributed by atoms with Gasteiger partial charge in [-0.3, -0.25) is 0 Å². The van der Waals surface area contributed by atoms with Crippen molar-refractivity contribution in [3.05, 3.63) is 53.3 Å². The molecule has 26 heavy (non-hydrogen) atoms. The molecule has 138 valence electrons. The number of hydrogen-bond acceptors (Lipinski definition) is 2. The topological polar surface area (TPSA) is 12.4 Å². The van der Waals surface area contributed by atoms with E-state index in [4.69, 9.17) is 0 Å². The van der Waals surface area contributed by atoms with E-state index < -0.39 is 23.1 Å². The number of isothiocyanates is 1. The molecule has 0 aromatic heterocycles. The number of aryl methyl sites for hydroxylation is 1. The number of hydrogen-bond donors (Lipinski definition) is 0. The van der Waals surface area contributed by atoms with Crippen molar-refractivity contribution in [1.82, 2.24) is 0 Å². The SMILES string of the molecule is CCCC(C)CCCc1ccc(-c2cc(F)c(N=C=S)c(F)c2)c(F)c1. The molecule has 2 aromatic carbocycles. The fourth-order valence-electron chi connectivity index (χ4n) is 3.11. The van der Waals surface area contributed by atoms with E-state index in [1.165, 1.54) is 18.9 Å². The molecule has 0 fully saturated rings. The van der Waals surface area contributed by atoms with Gasteiger partial charge in [0.25, 0.3) is 0 Å². The highest BCUT2D eigenvalue weighted by Gasteiger charge is 2.14. The van der Waals surface area contributed by atoms with Crippen LogP contribution in [0.4, 0.5) is 18.9 Å². The first kappa shape index (κ1) is 20.3. The van der Waals surface area contributed by atoms with Crippen LogP contribution in [-0.2, 0) is 6.42 Å².